The van der Waals surface area contributed by atoms with E-state index in [1.54, 1.807) is 0 Å². The SMILES string of the molecule is CN=C(NCC1CCc2nnc(C)n2C1)N1CCC(OCC2CC2)CC1. The Balaban J connectivity index is 1.22. The van der Waals surface area contributed by atoms with Gasteiger partial charge in [0.2, 0.25) is 0 Å². The van der Waals surface area contributed by atoms with Gasteiger partial charge in [0.1, 0.15) is 11.6 Å². The Morgan fingerprint density at radius 1 is 1.15 bits per heavy atom. The molecule has 1 saturated heterocycles. The highest BCUT2D eigenvalue weighted by molar-refractivity contribution is 5.79. The molecule has 2 aliphatic heterocycles. The fraction of sp³-hybridized carbons (Fsp3) is 0.842. The van der Waals surface area contributed by atoms with Gasteiger partial charge >= 0.3 is 0 Å². The molecule has 1 aromatic heterocycles. The molecular weight excluding hydrogens is 328 g/mol. The van der Waals surface area contributed by atoms with Crippen molar-refractivity contribution in [2.24, 2.45) is 16.8 Å². The number of aryl methyl sites for hydroxylation is 2. The number of rotatable bonds is 5. The van der Waals surface area contributed by atoms with E-state index in [-0.39, 0.29) is 0 Å². The Morgan fingerprint density at radius 2 is 1.96 bits per heavy atom. The normalized spacial score (nSPS) is 24.6. The number of aliphatic imine (C=N–C) groups is 1. The van der Waals surface area contributed by atoms with E-state index in [0.29, 0.717) is 12.0 Å². The number of hydrogen-bond acceptors (Lipinski definition) is 4. The summed E-state index contributed by atoms with van der Waals surface area (Å²) in [5.41, 5.74) is 0. The molecule has 3 heterocycles. The van der Waals surface area contributed by atoms with Crippen LogP contribution < -0.4 is 5.32 Å². The lowest BCUT2D eigenvalue weighted by atomic mass is 9.99. The number of ether oxygens (including phenoxy) is 1. The van der Waals surface area contributed by atoms with Gasteiger partial charge in [-0.2, -0.15) is 0 Å². The Bertz CT molecular complexity index is 630. The highest BCUT2D eigenvalue weighted by atomic mass is 16.5. The predicted molar refractivity (Wildman–Crippen MR) is 101 cm³/mol. The zero-order chi connectivity index (χ0) is 17.9. The van der Waals surface area contributed by atoms with Crippen molar-refractivity contribution in [1.82, 2.24) is 25.0 Å². The molecule has 1 saturated carbocycles. The first-order valence-corrected chi connectivity index (χ1v) is 10.2. The summed E-state index contributed by atoms with van der Waals surface area (Å²) in [5.74, 6) is 4.66. The molecule has 7 heteroatoms. The molecule has 0 spiro atoms. The van der Waals surface area contributed by atoms with Crippen LogP contribution in [0.1, 0.15) is 43.8 Å². The number of hydrogen-bond donors (Lipinski definition) is 1. The molecule has 0 amide bonds. The third-order valence-electron chi connectivity index (χ3n) is 6.00. The molecule has 4 rings (SSSR count). The lowest BCUT2D eigenvalue weighted by Crippen LogP contribution is -2.48. The van der Waals surface area contributed by atoms with Gasteiger partial charge in [0, 0.05) is 46.3 Å². The number of fused-ring (bicyclic) bond motifs is 1. The van der Waals surface area contributed by atoms with E-state index in [1.165, 1.54) is 19.3 Å². The average molecular weight is 361 g/mol. The van der Waals surface area contributed by atoms with E-state index in [2.05, 4.69) is 30.0 Å². The molecule has 1 aromatic rings. The van der Waals surface area contributed by atoms with Crippen molar-refractivity contribution in [2.45, 2.75) is 58.1 Å². The predicted octanol–water partition coefficient (Wildman–Crippen LogP) is 1.62. The van der Waals surface area contributed by atoms with Crippen molar-refractivity contribution in [3.05, 3.63) is 11.6 Å². The minimum atomic E-state index is 0.443. The largest absolute Gasteiger partial charge is 0.378 e. The molecule has 1 aliphatic carbocycles. The van der Waals surface area contributed by atoms with Crippen LogP contribution >= 0.6 is 0 Å². The quantitative estimate of drug-likeness (QED) is 0.638. The van der Waals surface area contributed by atoms with E-state index in [9.17, 15) is 0 Å². The highest BCUT2D eigenvalue weighted by Gasteiger charge is 2.27. The van der Waals surface area contributed by atoms with Crippen LogP contribution in [-0.2, 0) is 17.7 Å². The first-order chi connectivity index (χ1) is 12.7. The van der Waals surface area contributed by atoms with Gasteiger partial charge in [0.15, 0.2) is 5.96 Å². The zero-order valence-corrected chi connectivity index (χ0v) is 16.2. The van der Waals surface area contributed by atoms with Crippen molar-refractivity contribution in [3.8, 4) is 0 Å². The second kappa shape index (κ2) is 7.94. The monoisotopic (exact) mass is 360 g/mol. The lowest BCUT2D eigenvalue weighted by molar-refractivity contribution is 0.0130. The van der Waals surface area contributed by atoms with Crippen LogP contribution in [0.15, 0.2) is 4.99 Å². The first kappa shape index (κ1) is 17.8. The van der Waals surface area contributed by atoms with Crippen LogP contribution in [0.25, 0.3) is 0 Å². The van der Waals surface area contributed by atoms with Gasteiger partial charge in [0.05, 0.1) is 6.10 Å². The fourth-order valence-electron chi connectivity index (χ4n) is 4.06. The molecule has 0 aromatic carbocycles. The minimum absolute atomic E-state index is 0.443. The second-order valence-corrected chi connectivity index (χ2v) is 8.07. The van der Waals surface area contributed by atoms with Gasteiger partial charge in [0.25, 0.3) is 0 Å². The third-order valence-corrected chi connectivity index (χ3v) is 6.00. The van der Waals surface area contributed by atoms with Crippen molar-refractivity contribution >= 4 is 5.96 Å². The summed E-state index contributed by atoms with van der Waals surface area (Å²) >= 11 is 0. The van der Waals surface area contributed by atoms with Gasteiger partial charge in [-0.05, 0) is 50.9 Å². The maximum atomic E-state index is 6.06. The van der Waals surface area contributed by atoms with Crippen molar-refractivity contribution in [2.75, 3.05) is 33.3 Å². The number of nitrogens with one attached hydrogen (secondary N) is 1. The fourth-order valence-corrected chi connectivity index (χ4v) is 4.06. The maximum absolute atomic E-state index is 6.06. The summed E-state index contributed by atoms with van der Waals surface area (Å²) < 4.78 is 8.32. The topological polar surface area (TPSA) is 67.6 Å². The molecule has 1 N–H and O–H groups in total. The van der Waals surface area contributed by atoms with Crippen molar-refractivity contribution < 1.29 is 4.74 Å². The van der Waals surface area contributed by atoms with Gasteiger partial charge < -0.3 is 19.5 Å². The average Bonchev–Trinajstić information content (AvgIpc) is 3.44. The molecule has 0 radical (unpaired) electrons. The van der Waals surface area contributed by atoms with Gasteiger partial charge in [-0.15, -0.1) is 10.2 Å². The van der Waals surface area contributed by atoms with E-state index >= 15 is 0 Å². The summed E-state index contributed by atoms with van der Waals surface area (Å²) in [6.45, 7) is 7.06. The van der Waals surface area contributed by atoms with Crippen LogP contribution in [0.2, 0.25) is 0 Å². The Morgan fingerprint density at radius 3 is 2.69 bits per heavy atom. The van der Waals surface area contributed by atoms with E-state index in [0.717, 1.165) is 75.6 Å². The smallest absolute Gasteiger partial charge is 0.193 e. The number of guanidine groups is 1. The summed E-state index contributed by atoms with van der Waals surface area (Å²) in [5, 5.41) is 12.1. The molecule has 2 fully saturated rings. The summed E-state index contributed by atoms with van der Waals surface area (Å²) in [6, 6.07) is 0. The number of aromatic nitrogens is 3. The maximum Gasteiger partial charge on any atom is 0.193 e. The summed E-state index contributed by atoms with van der Waals surface area (Å²) in [6.07, 6.45) is 7.59. The highest BCUT2D eigenvalue weighted by Crippen LogP contribution is 2.30. The van der Waals surface area contributed by atoms with Gasteiger partial charge in [-0.3, -0.25) is 4.99 Å². The van der Waals surface area contributed by atoms with Crippen molar-refractivity contribution in [3.63, 3.8) is 0 Å². The Labute approximate surface area is 156 Å². The molecule has 144 valence electrons. The molecule has 1 atom stereocenters. The van der Waals surface area contributed by atoms with Crippen LogP contribution in [0.4, 0.5) is 0 Å². The first-order valence-electron chi connectivity index (χ1n) is 10.2. The standard InChI is InChI=1S/C19H32N6O/c1-14-22-23-18-6-5-16(12-25(14)18)11-21-19(20-2)24-9-7-17(8-10-24)26-13-15-3-4-15/h15-17H,3-13H2,1-2H3,(H,20,21). The second-order valence-electron chi connectivity index (χ2n) is 8.07. The molecule has 1 unspecified atom stereocenters. The Kier molecular flexibility index (Phi) is 5.43. The van der Waals surface area contributed by atoms with Gasteiger partial charge in [-0.1, -0.05) is 0 Å². The summed E-state index contributed by atoms with van der Waals surface area (Å²) in [4.78, 5) is 6.90. The van der Waals surface area contributed by atoms with Crippen LogP contribution in [0, 0.1) is 18.8 Å². The van der Waals surface area contributed by atoms with Crippen LogP contribution in [0.3, 0.4) is 0 Å². The van der Waals surface area contributed by atoms with Crippen LogP contribution in [0.5, 0.6) is 0 Å². The zero-order valence-electron chi connectivity index (χ0n) is 16.2. The molecule has 26 heavy (non-hydrogen) atoms. The molecule has 7 nitrogen and oxygen atoms in total. The number of piperidine rings is 1. The van der Waals surface area contributed by atoms with E-state index in [1.807, 2.05) is 14.0 Å². The minimum Gasteiger partial charge on any atom is -0.378 e. The Hall–Kier alpha value is -1.63. The number of nitrogens with zero attached hydrogens (tertiary/aromatic N) is 5. The van der Waals surface area contributed by atoms with Crippen molar-refractivity contribution in [1.29, 1.82) is 0 Å². The number of likely N-dealkylation sites (tertiary alicyclic amines) is 1. The lowest BCUT2D eigenvalue weighted by Gasteiger charge is -2.35. The molecule has 0 bridgehead atoms. The summed E-state index contributed by atoms with van der Waals surface area (Å²) in [7, 11) is 1.89. The van der Waals surface area contributed by atoms with E-state index in [4.69, 9.17) is 4.74 Å². The third kappa shape index (κ3) is 4.19. The molecular formula is C19H32N6O. The van der Waals surface area contributed by atoms with Crippen LogP contribution in [-0.4, -0.2) is 65.0 Å². The van der Waals surface area contributed by atoms with E-state index < -0.39 is 0 Å². The molecule has 3 aliphatic rings. The van der Waals surface area contributed by atoms with Gasteiger partial charge in [-0.25, -0.2) is 0 Å².